The zero-order valence-corrected chi connectivity index (χ0v) is 17.9. The third-order valence-electron chi connectivity index (χ3n) is 5.29. The van der Waals surface area contributed by atoms with Crippen LogP contribution in [0.15, 0.2) is 47.4 Å². The molecule has 3 aromatic rings. The maximum Gasteiger partial charge on any atom is 0.264 e. The molecule has 158 valence electrons. The van der Waals surface area contributed by atoms with Gasteiger partial charge < -0.3 is 4.90 Å². The first kappa shape index (κ1) is 20.9. The van der Waals surface area contributed by atoms with Crippen molar-refractivity contribution in [2.75, 3.05) is 26.2 Å². The quantitative estimate of drug-likeness (QED) is 0.606. The molecule has 1 aromatic heterocycles. The van der Waals surface area contributed by atoms with E-state index in [1.54, 1.807) is 17.9 Å². The Morgan fingerprint density at radius 1 is 0.967 bits per heavy atom. The number of rotatable bonds is 3. The lowest BCUT2D eigenvalue weighted by Gasteiger charge is -2.22. The largest absolute Gasteiger partial charge is 0.337 e. The number of thiophene rings is 1. The summed E-state index contributed by atoms with van der Waals surface area (Å²) in [7, 11) is -3.76. The molecule has 1 aliphatic rings. The monoisotopic (exact) mass is 450 g/mol. The number of aryl methyl sites for hydroxylation is 1. The first-order valence-electron chi connectivity index (χ1n) is 9.51. The number of nitrogens with zero attached hydrogens (tertiary/aromatic N) is 2. The number of halogens is 2. The molecule has 5 nitrogen and oxygen atoms in total. The average molecular weight is 451 g/mol. The van der Waals surface area contributed by atoms with Gasteiger partial charge in [0.05, 0.1) is 9.77 Å². The molecule has 1 amide bonds. The smallest absolute Gasteiger partial charge is 0.264 e. The van der Waals surface area contributed by atoms with Gasteiger partial charge in [-0.15, -0.1) is 11.3 Å². The van der Waals surface area contributed by atoms with Crippen LogP contribution in [0.4, 0.5) is 8.78 Å². The van der Waals surface area contributed by atoms with Gasteiger partial charge in [0.2, 0.25) is 10.0 Å². The maximum atomic E-state index is 13.6. The van der Waals surface area contributed by atoms with E-state index in [0.29, 0.717) is 17.8 Å². The fourth-order valence-corrected chi connectivity index (χ4v) is 6.26. The van der Waals surface area contributed by atoms with Gasteiger partial charge in [0.1, 0.15) is 11.6 Å². The Balaban J connectivity index is 1.54. The molecule has 4 rings (SSSR count). The van der Waals surface area contributed by atoms with Crippen LogP contribution in [0, 0.1) is 18.6 Å². The Bertz CT molecular complexity index is 1210. The van der Waals surface area contributed by atoms with Crippen LogP contribution < -0.4 is 0 Å². The summed E-state index contributed by atoms with van der Waals surface area (Å²) in [6.45, 7) is 2.91. The number of sulfonamides is 1. The Morgan fingerprint density at radius 3 is 2.40 bits per heavy atom. The van der Waals surface area contributed by atoms with Crippen molar-refractivity contribution in [1.29, 1.82) is 0 Å². The molecule has 0 bridgehead atoms. The van der Waals surface area contributed by atoms with E-state index in [1.807, 2.05) is 0 Å². The number of hydrogen-bond donors (Lipinski definition) is 0. The summed E-state index contributed by atoms with van der Waals surface area (Å²) >= 11 is 1.32. The van der Waals surface area contributed by atoms with Gasteiger partial charge in [-0.3, -0.25) is 4.79 Å². The Morgan fingerprint density at radius 2 is 1.67 bits per heavy atom. The summed E-state index contributed by atoms with van der Waals surface area (Å²) in [4.78, 5) is 15.4. The average Bonchev–Trinajstić information content (AvgIpc) is 2.90. The summed E-state index contributed by atoms with van der Waals surface area (Å²) in [5, 5.41) is 0.721. The van der Waals surface area contributed by atoms with E-state index in [0.717, 1.165) is 27.8 Å². The fraction of sp³-hybridized carbons (Fsp3) is 0.286. The van der Waals surface area contributed by atoms with E-state index in [-0.39, 0.29) is 36.3 Å². The van der Waals surface area contributed by atoms with Crippen molar-refractivity contribution in [1.82, 2.24) is 9.21 Å². The molecular formula is C21H20F2N2O3S2. The van der Waals surface area contributed by atoms with E-state index in [9.17, 15) is 22.0 Å². The van der Waals surface area contributed by atoms with Crippen molar-refractivity contribution >= 4 is 37.4 Å². The highest BCUT2D eigenvalue weighted by atomic mass is 32.2. The lowest BCUT2D eigenvalue weighted by atomic mass is 10.1. The predicted octanol–water partition coefficient (Wildman–Crippen LogP) is 4.02. The molecule has 9 heteroatoms. The van der Waals surface area contributed by atoms with E-state index < -0.39 is 15.8 Å². The van der Waals surface area contributed by atoms with Crippen molar-refractivity contribution in [2.45, 2.75) is 18.2 Å². The molecule has 0 saturated carbocycles. The molecule has 0 aliphatic carbocycles. The van der Waals surface area contributed by atoms with Crippen LogP contribution in [0.1, 0.15) is 21.7 Å². The van der Waals surface area contributed by atoms with Crippen molar-refractivity contribution in [3.05, 3.63) is 64.5 Å². The molecule has 30 heavy (non-hydrogen) atoms. The van der Waals surface area contributed by atoms with Gasteiger partial charge in [-0.05, 0) is 66.8 Å². The first-order valence-corrected chi connectivity index (χ1v) is 11.8. The minimum atomic E-state index is -3.76. The predicted molar refractivity (Wildman–Crippen MR) is 112 cm³/mol. The first-order chi connectivity index (χ1) is 14.3. The summed E-state index contributed by atoms with van der Waals surface area (Å²) in [5.41, 5.74) is 0.736. The van der Waals surface area contributed by atoms with Gasteiger partial charge in [0.15, 0.2) is 0 Å². The topological polar surface area (TPSA) is 57.7 Å². The number of hydrogen-bond acceptors (Lipinski definition) is 4. The summed E-state index contributed by atoms with van der Waals surface area (Å²) < 4.78 is 54.6. The van der Waals surface area contributed by atoms with Gasteiger partial charge in [-0.2, -0.15) is 4.31 Å². The zero-order valence-electron chi connectivity index (χ0n) is 16.3. The van der Waals surface area contributed by atoms with Gasteiger partial charge in [0, 0.05) is 30.9 Å². The van der Waals surface area contributed by atoms with Crippen molar-refractivity contribution < 1.29 is 22.0 Å². The zero-order chi connectivity index (χ0) is 21.5. The summed E-state index contributed by atoms with van der Waals surface area (Å²) in [6.07, 6.45) is 0.491. The third kappa shape index (κ3) is 3.84. The van der Waals surface area contributed by atoms with Gasteiger partial charge >= 0.3 is 0 Å². The normalized spacial score (nSPS) is 16.0. The van der Waals surface area contributed by atoms with Crippen LogP contribution in [-0.2, 0) is 10.0 Å². The highest BCUT2D eigenvalue weighted by Crippen LogP contribution is 2.32. The molecule has 0 spiro atoms. The minimum absolute atomic E-state index is 0.0334. The number of benzene rings is 2. The number of carbonyl (C=O) groups is 1. The molecule has 0 atom stereocenters. The summed E-state index contributed by atoms with van der Waals surface area (Å²) in [6, 6.07) is 9.20. The van der Waals surface area contributed by atoms with E-state index >= 15 is 0 Å². The van der Waals surface area contributed by atoms with E-state index in [1.165, 1.54) is 39.9 Å². The molecule has 2 heterocycles. The standard InChI is InChI=1S/C21H20F2N2O3S2/c1-14-18-13-16(23)5-8-19(18)29-20(14)21(26)24-9-2-10-25(12-11-24)30(27,28)17-6-3-15(22)4-7-17/h3-8,13H,2,9-12H2,1H3. The van der Waals surface area contributed by atoms with Crippen LogP contribution in [-0.4, -0.2) is 49.7 Å². The maximum absolute atomic E-state index is 13.6. The van der Waals surface area contributed by atoms with Gasteiger partial charge in [-0.1, -0.05) is 0 Å². The van der Waals surface area contributed by atoms with E-state index in [2.05, 4.69) is 0 Å². The van der Waals surface area contributed by atoms with Crippen molar-refractivity contribution in [3.63, 3.8) is 0 Å². The molecule has 0 N–H and O–H groups in total. The molecule has 2 aromatic carbocycles. The molecule has 0 radical (unpaired) electrons. The van der Waals surface area contributed by atoms with E-state index in [4.69, 9.17) is 0 Å². The number of fused-ring (bicyclic) bond motifs is 1. The van der Waals surface area contributed by atoms with Crippen LogP contribution in [0.5, 0.6) is 0 Å². The minimum Gasteiger partial charge on any atom is -0.337 e. The second-order valence-electron chi connectivity index (χ2n) is 7.20. The Labute approximate surface area is 177 Å². The second-order valence-corrected chi connectivity index (χ2v) is 10.2. The molecule has 0 unspecified atom stereocenters. The van der Waals surface area contributed by atoms with Crippen LogP contribution in [0.25, 0.3) is 10.1 Å². The lowest BCUT2D eigenvalue weighted by Crippen LogP contribution is -2.37. The number of carbonyl (C=O) groups excluding carboxylic acids is 1. The van der Waals surface area contributed by atoms with Crippen LogP contribution in [0.2, 0.25) is 0 Å². The van der Waals surface area contributed by atoms with Crippen LogP contribution >= 0.6 is 11.3 Å². The van der Waals surface area contributed by atoms with Gasteiger partial charge in [0.25, 0.3) is 5.91 Å². The second kappa shape index (κ2) is 8.05. The van der Waals surface area contributed by atoms with Crippen LogP contribution in [0.3, 0.4) is 0 Å². The Hall–Kier alpha value is -2.36. The number of amides is 1. The highest BCUT2D eigenvalue weighted by Gasteiger charge is 2.29. The van der Waals surface area contributed by atoms with Crippen molar-refractivity contribution in [3.8, 4) is 0 Å². The molecule has 1 aliphatic heterocycles. The SMILES string of the molecule is Cc1c(C(=O)N2CCCN(S(=O)(=O)c3ccc(F)cc3)CC2)sc2ccc(F)cc12. The molecule has 1 fully saturated rings. The van der Waals surface area contributed by atoms with Crippen molar-refractivity contribution in [2.24, 2.45) is 0 Å². The molecular weight excluding hydrogens is 430 g/mol. The fourth-order valence-electron chi connectivity index (χ4n) is 3.63. The Kier molecular flexibility index (Phi) is 5.61. The lowest BCUT2D eigenvalue weighted by molar-refractivity contribution is 0.0768. The van der Waals surface area contributed by atoms with Gasteiger partial charge in [-0.25, -0.2) is 17.2 Å². The molecule has 1 saturated heterocycles. The highest BCUT2D eigenvalue weighted by molar-refractivity contribution is 7.89. The summed E-state index contributed by atoms with van der Waals surface area (Å²) in [5.74, 6) is -1.02. The third-order valence-corrected chi connectivity index (χ3v) is 8.46.